The first kappa shape index (κ1) is 26.7. The van der Waals surface area contributed by atoms with Crippen LogP contribution in [0.2, 0.25) is 0 Å². The predicted molar refractivity (Wildman–Crippen MR) is 122 cm³/mol. The second-order valence-corrected chi connectivity index (χ2v) is 8.28. The minimum Gasteiger partial charge on any atom is -0.502 e. The number of carbonyl (C=O) groups is 2. The molecular formula is C23H39N3O5. The monoisotopic (exact) mass is 437 g/mol. The quantitative estimate of drug-likeness (QED) is 0.320. The highest BCUT2D eigenvalue weighted by Crippen LogP contribution is 2.37. The van der Waals surface area contributed by atoms with E-state index in [1.807, 2.05) is 28.2 Å². The molecule has 31 heavy (non-hydrogen) atoms. The van der Waals surface area contributed by atoms with Crippen LogP contribution in [0.15, 0.2) is 12.1 Å². The lowest BCUT2D eigenvalue weighted by Gasteiger charge is -2.18. The lowest BCUT2D eigenvalue weighted by molar-refractivity contribution is -0.134. The average Bonchev–Trinajstić information content (AvgIpc) is 2.72. The van der Waals surface area contributed by atoms with Gasteiger partial charge in [0.15, 0.2) is 11.5 Å². The molecule has 0 saturated heterocycles. The van der Waals surface area contributed by atoms with Gasteiger partial charge in [0.05, 0.1) is 14.2 Å². The number of nitrogens with zero attached hydrogens (tertiary/aromatic N) is 2. The van der Waals surface area contributed by atoms with E-state index >= 15 is 0 Å². The molecule has 176 valence electrons. The zero-order valence-electron chi connectivity index (χ0n) is 19.9. The molecule has 0 spiro atoms. The SMILES string of the molecule is COc1cc(CC(C(=O)CCCCN(C)C)C(=O)NCCCN(C)C)cc(OC)c1O. The van der Waals surface area contributed by atoms with Gasteiger partial charge in [-0.15, -0.1) is 0 Å². The topological polar surface area (TPSA) is 91.3 Å². The third-order valence-corrected chi connectivity index (χ3v) is 5.04. The Balaban J connectivity index is 2.93. The number of hydrogen-bond acceptors (Lipinski definition) is 7. The Bertz CT molecular complexity index is 653. The Labute approximate surface area is 186 Å². The van der Waals surface area contributed by atoms with Gasteiger partial charge in [0, 0.05) is 13.0 Å². The minimum absolute atomic E-state index is 0.0742. The number of carbonyl (C=O) groups excluding carboxylic acids is 2. The summed E-state index contributed by atoms with van der Waals surface area (Å²) in [5.41, 5.74) is 0.696. The summed E-state index contributed by atoms with van der Waals surface area (Å²) in [6, 6.07) is 3.28. The number of amides is 1. The number of unbranched alkanes of at least 4 members (excludes halogenated alkanes) is 1. The van der Waals surface area contributed by atoms with Gasteiger partial charge < -0.3 is 29.7 Å². The van der Waals surface area contributed by atoms with Gasteiger partial charge in [-0.25, -0.2) is 0 Å². The smallest absolute Gasteiger partial charge is 0.230 e. The second kappa shape index (κ2) is 13.9. The molecule has 0 fully saturated rings. The number of hydrogen-bond donors (Lipinski definition) is 2. The van der Waals surface area contributed by atoms with Crippen molar-refractivity contribution in [3.63, 3.8) is 0 Å². The molecule has 1 atom stereocenters. The largest absolute Gasteiger partial charge is 0.502 e. The average molecular weight is 438 g/mol. The molecule has 0 aliphatic heterocycles. The minimum atomic E-state index is -0.794. The van der Waals surface area contributed by atoms with Crippen molar-refractivity contribution in [2.75, 3.05) is 62.0 Å². The molecule has 0 saturated carbocycles. The van der Waals surface area contributed by atoms with E-state index in [1.165, 1.54) is 14.2 Å². The van der Waals surface area contributed by atoms with Crippen LogP contribution in [-0.4, -0.2) is 88.6 Å². The molecule has 1 unspecified atom stereocenters. The first-order valence-electron chi connectivity index (χ1n) is 10.7. The Kier molecular flexibility index (Phi) is 12.0. The van der Waals surface area contributed by atoms with E-state index in [4.69, 9.17) is 9.47 Å². The number of aromatic hydroxyl groups is 1. The summed E-state index contributed by atoms with van der Waals surface area (Å²) >= 11 is 0. The maximum atomic E-state index is 13.0. The van der Waals surface area contributed by atoms with Crippen molar-refractivity contribution in [3.05, 3.63) is 17.7 Å². The Morgan fingerprint density at radius 1 is 0.968 bits per heavy atom. The van der Waals surface area contributed by atoms with Gasteiger partial charge in [0.2, 0.25) is 11.7 Å². The van der Waals surface area contributed by atoms with Gasteiger partial charge in [-0.2, -0.15) is 0 Å². The Hall–Kier alpha value is -2.32. The first-order chi connectivity index (χ1) is 14.7. The molecule has 2 N–H and O–H groups in total. The molecule has 0 radical (unpaired) electrons. The van der Waals surface area contributed by atoms with Crippen molar-refractivity contribution in [2.24, 2.45) is 5.92 Å². The number of nitrogens with one attached hydrogen (secondary N) is 1. The lowest BCUT2D eigenvalue weighted by Crippen LogP contribution is -2.38. The van der Waals surface area contributed by atoms with Crippen LogP contribution in [0.3, 0.4) is 0 Å². The summed E-state index contributed by atoms with van der Waals surface area (Å²) in [6.07, 6.45) is 3.03. The fraction of sp³-hybridized carbons (Fsp3) is 0.652. The first-order valence-corrected chi connectivity index (χ1v) is 10.7. The highest BCUT2D eigenvalue weighted by atomic mass is 16.5. The van der Waals surface area contributed by atoms with Crippen molar-refractivity contribution in [1.82, 2.24) is 15.1 Å². The summed E-state index contributed by atoms with van der Waals surface area (Å²) in [5.74, 6) is -0.737. The van der Waals surface area contributed by atoms with Crippen LogP contribution in [-0.2, 0) is 16.0 Å². The van der Waals surface area contributed by atoms with E-state index in [-0.39, 0.29) is 35.4 Å². The zero-order valence-corrected chi connectivity index (χ0v) is 19.9. The zero-order chi connectivity index (χ0) is 23.4. The molecule has 0 aliphatic carbocycles. The molecule has 8 heteroatoms. The van der Waals surface area contributed by atoms with Crippen molar-refractivity contribution in [1.29, 1.82) is 0 Å². The number of rotatable bonds is 15. The van der Waals surface area contributed by atoms with Crippen LogP contribution < -0.4 is 14.8 Å². The fourth-order valence-electron chi connectivity index (χ4n) is 3.29. The van der Waals surface area contributed by atoms with Gasteiger partial charge in [-0.1, -0.05) is 0 Å². The molecule has 8 nitrogen and oxygen atoms in total. The molecular weight excluding hydrogens is 398 g/mol. The van der Waals surface area contributed by atoms with Crippen LogP contribution in [0, 0.1) is 5.92 Å². The molecule has 0 bridgehead atoms. The van der Waals surface area contributed by atoms with Gasteiger partial charge in [0.1, 0.15) is 11.7 Å². The molecule has 1 aromatic carbocycles. The number of ether oxygens (including phenoxy) is 2. The normalized spacial score (nSPS) is 12.1. The van der Waals surface area contributed by atoms with Crippen molar-refractivity contribution >= 4 is 11.7 Å². The maximum absolute atomic E-state index is 13.0. The van der Waals surface area contributed by atoms with Gasteiger partial charge >= 0.3 is 0 Å². The molecule has 0 aliphatic rings. The van der Waals surface area contributed by atoms with Crippen LogP contribution in [0.5, 0.6) is 17.2 Å². The van der Waals surface area contributed by atoms with Gasteiger partial charge in [-0.3, -0.25) is 9.59 Å². The van der Waals surface area contributed by atoms with E-state index in [0.29, 0.717) is 18.5 Å². The highest BCUT2D eigenvalue weighted by Gasteiger charge is 2.27. The van der Waals surface area contributed by atoms with Crippen LogP contribution in [0.4, 0.5) is 0 Å². The Morgan fingerprint density at radius 2 is 1.52 bits per heavy atom. The van der Waals surface area contributed by atoms with Crippen LogP contribution in [0.25, 0.3) is 0 Å². The van der Waals surface area contributed by atoms with Gasteiger partial charge in [0.25, 0.3) is 0 Å². The van der Waals surface area contributed by atoms with Crippen LogP contribution >= 0.6 is 0 Å². The number of Topliss-reactive ketones (excluding diaryl/α,β-unsaturated/α-hetero) is 1. The summed E-state index contributed by atoms with van der Waals surface area (Å²) in [7, 11) is 10.8. The van der Waals surface area contributed by atoms with Gasteiger partial charge in [-0.05, 0) is 84.7 Å². The summed E-state index contributed by atoms with van der Waals surface area (Å²) < 4.78 is 10.4. The lowest BCUT2D eigenvalue weighted by atomic mass is 9.91. The second-order valence-electron chi connectivity index (χ2n) is 8.28. The summed E-state index contributed by atoms with van der Waals surface area (Å²) in [5, 5.41) is 13.0. The maximum Gasteiger partial charge on any atom is 0.230 e. The number of phenols is 1. The van der Waals surface area contributed by atoms with E-state index in [2.05, 4.69) is 15.1 Å². The predicted octanol–water partition coefficient (Wildman–Crippen LogP) is 1.94. The van der Waals surface area contributed by atoms with Crippen molar-refractivity contribution in [2.45, 2.75) is 32.1 Å². The number of phenolic OH excluding ortho intramolecular Hbond substituents is 1. The van der Waals surface area contributed by atoms with Crippen molar-refractivity contribution in [3.8, 4) is 17.2 Å². The summed E-state index contributed by atoms with van der Waals surface area (Å²) in [4.78, 5) is 30.0. The third kappa shape index (κ3) is 9.57. The van der Waals surface area contributed by atoms with Crippen LogP contribution in [0.1, 0.15) is 31.2 Å². The highest BCUT2D eigenvalue weighted by molar-refractivity contribution is 6.01. The van der Waals surface area contributed by atoms with E-state index in [0.717, 1.165) is 32.4 Å². The fourth-order valence-corrected chi connectivity index (χ4v) is 3.29. The van der Waals surface area contributed by atoms with E-state index in [1.54, 1.807) is 12.1 Å². The molecule has 0 heterocycles. The number of benzene rings is 1. The third-order valence-electron chi connectivity index (χ3n) is 5.04. The number of methoxy groups -OCH3 is 2. The molecule has 1 rings (SSSR count). The molecule has 0 aromatic heterocycles. The molecule has 1 amide bonds. The molecule has 1 aromatic rings. The standard InChI is InChI=1S/C23H39N3O5/c1-25(2)12-8-7-10-19(27)18(23(29)24-11-9-13-26(3)4)14-17-15-20(30-5)22(28)21(16-17)31-6/h15-16,18,28H,7-14H2,1-6H3,(H,24,29). The van der Waals surface area contributed by atoms with E-state index < -0.39 is 5.92 Å². The number of ketones is 1. The van der Waals surface area contributed by atoms with E-state index in [9.17, 15) is 14.7 Å². The summed E-state index contributed by atoms with van der Waals surface area (Å²) in [6.45, 7) is 2.28. The van der Waals surface area contributed by atoms with Crippen molar-refractivity contribution < 1.29 is 24.2 Å². The Morgan fingerprint density at radius 3 is 2.03 bits per heavy atom.